The summed E-state index contributed by atoms with van der Waals surface area (Å²) < 4.78 is 34.8. The molecule has 3 saturated heterocycles. The second-order valence-electron chi connectivity index (χ2n) is 9.97. The maximum Gasteiger partial charge on any atom is 0.330 e. The number of hydrogen-bond donors (Lipinski definition) is 0. The van der Waals surface area contributed by atoms with Crippen molar-refractivity contribution in [3.8, 4) is 0 Å². The maximum absolute atomic E-state index is 13.3. The van der Waals surface area contributed by atoms with E-state index in [4.69, 9.17) is 28.4 Å². The third-order valence-corrected chi connectivity index (χ3v) is 6.52. The van der Waals surface area contributed by atoms with Crippen LogP contribution in [0.4, 0.5) is 0 Å². The summed E-state index contributed by atoms with van der Waals surface area (Å²) in [5, 5.41) is 0. The van der Waals surface area contributed by atoms with Gasteiger partial charge in [-0.1, -0.05) is 48.6 Å². The van der Waals surface area contributed by atoms with E-state index in [-0.39, 0.29) is 11.9 Å². The number of rotatable bonds is 8. The van der Waals surface area contributed by atoms with Crippen LogP contribution in [0.3, 0.4) is 0 Å². The van der Waals surface area contributed by atoms with E-state index in [9.17, 15) is 9.59 Å². The van der Waals surface area contributed by atoms with E-state index in [0.717, 1.165) is 5.56 Å². The number of amides is 1. The van der Waals surface area contributed by atoms with E-state index >= 15 is 0 Å². The molecule has 0 bridgehead atoms. The summed E-state index contributed by atoms with van der Waals surface area (Å²) in [5.74, 6) is -2.45. The van der Waals surface area contributed by atoms with Crippen LogP contribution in [0.15, 0.2) is 48.6 Å². The summed E-state index contributed by atoms with van der Waals surface area (Å²) >= 11 is 0. The van der Waals surface area contributed by atoms with Crippen LogP contribution in [-0.2, 0) is 38.0 Å². The van der Waals surface area contributed by atoms with Crippen molar-refractivity contribution in [1.29, 1.82) is 0 Å². The standard InChI is InChI=1S/C27H35NO8/c1-26(2)33-16-20(34-26)24-22(35-27(3,4)36-24)18(14-15-21(29)31-5)28-19(23(32-6)25(28)30)13-12-17-10-8-7-9-11-17/h7-15,18-20,22-24H,16H2,1-6H3/b13-12+,15-14+/t18-,19-,20+,22+,23+,24-/m0/s1. The summed E-state index contributed by atoms with van der Waals surface area (Å²) in [7, 11) is 2.81. The quantitative estimate of drug-likeness (QED) is 0.305. The number of carbonyl (C=O) groups excluding carboxylic acids is 2. The molecule has 0 saturated carbocycles. The fourth-order valence-corrected chi connectivity index (χ4v) is 4.91. The number of hydrogen-bond acceptors (Lipinski definition) is 8. The van der Waals surface area contributed by atoms with Gasteiger partial charge in [0.1, 0.15) is 18.3 Å². The molecule has 1 aromatic rings. The Bertz CT molecular complexity index is 1000. The van der Waals surface area contributed by atoms with Gasteiger partial charge in [-0.3, -0.25) is 4.79 Å². The average Bonchev–Trinajstić information content (AvgIpc) is 3.37. The van der Waals surface area contributed by atoms with Crippen molar-refractivity contribution in [2.45, 2.75) is 75.8 Å². The zero-order valence-corrected chi connectivity index (χ0v) is 21.6. The molecule has 3 fully saturated rings. The molecule has 196 valence electrons. The van der Waals surface area contributed by atoms with Gasteiger partial charge in [-0.2, -0.15) is 0 Å². The number of ether oxygens (including phenoxy) is 6. The number of esters is 1. The van der Waals surface area contributed by atoms with E-state index in [1.807, 2.05) is 70.2 Å². The van der Waals surface area contributed by atoms with Crippen LogP contribution >= 0.6 is 0 Å². The number of β-lactam (4-membered cyclic amide) rings is 1. The summed E-state index contributed by atoms with van der Waals surface area (Å²) in [5.41, 5.74) is 0.992. The molecule has 6 atom stereocenters. The van der Waals surface area contributed by atoms with Gasteiger partial charge in [0.25, 0.3) is 5.91 Å². The molecular formula is C27H35NO8. The Balaban J connectivity index is 1.68. The van der Waals surface area contributed by atoms with E-state index in [1.54, 1.807) is 11.0 Å². The van der Waals surface area contributed by atoms with Gasteiger partial charge in [0.15, 0.2) is 17.7 Å². The van der Waals surface area contributed by atoms with Gasteiger partial charge in [-0.05, 0) is 33.3 Å². The van der Waals surface area contributed by atoms with Crippen LogP contribution in [0.5, 0.6) is 0 Å². The lowest BCUT2D eigenvalue weighted by Crippen LogP contribution is -2.70. The number of benzene rings is 1. The molecule has 36 heavy (non-hydrogen) atoms. The summed E-state index contributed by atoms with van der Waals surface area (Å²) in [4.78, 5) is 27.0. The fraction of sp³-hybridized carbons (Fsp3) is 0.556. The van der Waals surface area contributed by atoms with Crippen molar-refractivity contribution in [3.63, 3.8) is 0 Å². The van der Waals surface area contributed by atoms with Crippen molar-refractivity contribution in [3.05, 3.63) is 54.1 Å². The minimum Gasteiger partial charge on any atom is -0.466 e. The van der Waals surface area contributed by atoms with Gasteiger partial charge in [0.05, 0.1) is 25.8 Å². The Kier molecular flexibility index (Phi) is 7.68. The smallest absolute Gasteiger partial charge is 0.330 e. The molecule has 1 aromatic carbocycles. The maximum atomic E-state index is 13.3. The number of likely N-dealkylation sites (tertiary alicyclic amines) is 1. The van der Waals surface area contributed by atoms with E-state index in [1.165, 1.54) is 20.3 Å². The van der Waals surface area contributed by atoms with Crippen LogP contribution in [0.25, 0.3) is 6.08 Å². The topological polar surface area (TPSA) is 92.8 Å². The molecule has 9 nitrogen and oxygen atoms in total. The molecule has 9 heteroatoms. The highest BCUT2D eigenvalue weighted by atomic mass is 16.8. The van der Waals surface area contributed by atoms with Crippen LogP contribution in [-0.4, -0.2) is 85.7 Å². The Morgan fingerprint density at radius 2 is 1.81 bits per heavy atom. The summed E-state index contributed by atoms with van der Waals surface area (Å²) in [6, 6.07) is 8.73. The van der Waals surface area contributed by atoms with Crippen molar-refractivity contribution in [2.24, 2.45) is 0 Å². The van der Waals surface area contributed by atoms with Crippen LogP contribution in [0, 0.1) is 0 Å². The normalized spacial score (nSPS) is 32.2. The van der Waals surface area contributed by atoms with Crippen LogP contribution < -0.4 is 0 Å². The monoisotopic (exact) mass is 501 g/mol. The SMILES string of the molecule is COC(=O)/C=C/[C@@H]([C@H]1OC(C)(C)O[C@H]1[C@H]1COC(C)(C)O1)N1C(=O)[C@H](OC)[C@@H]1/C=C/c1ccccc1. The lowest BCUT2D eigenvalue weighted by atomic mass is 9.89. The molecule has 0 aromatic heterocycles. The van der Waals surface area contributed by atoms with Crippen molar-refractivity contribution < 1.29 is 38.0 Å². The largest absolute Gasteiger partial charge is 0.466 e. The molecule has 3 aliphatic rings. The van der Waals surface area contributed by atoms with E-state index < -0.39 is 48.0 Å². The lowest BCUT2D eigenvalue weighted by Gasteiger charge is -2.50. The van der Waals surface area contributed by atoms with Gasteiger partial charge in [0.2, 0.25) is 0 Å². The second-order valence-corrected chi connectivity index (χ2v) is 9.97. The minimum absolute atomic E-state index is 0.212. The Morgan fingerprint density at radius 1 is 1.08 bits per heavy atom. The molecule has 0 N–H and O–H groups in total. The zero-order chi connectivity index (χ0) is 26.1. The molecule has 0 aliphatic carbocycles. The molecule has 0 unspecified atom stereocenters. The van der Waals surface area contributed by atoms with Crippen molar-refractivity contribution in [1.82, 2.24) is 4.90 Å². The second kappa shape index (κ2) is 10.4. The Hall–Kier alpha value is -2.56. The van der Waals surface area contributed by atoms with Gasteiger partial charge in [0, 0.05) is 13.2 Å². The molecule has 4 rings (SSSR count). The molecule has 3 aliphatic heterocycles. The highest BCUT2D eigenvalue weighted by molar-refractivity contribution is 5.90. The first-order valence-electron chi connectivity index (χ1n) is 12.1. The third kappa shape index (κ3) is 5.55. The van der Waals surface area contributed by atoms with Crippen LogP contribution in [0.2, 0.25) is 0 Å². The van der Waals surface area contributed by atoms with Gasteiger partial charge < -0.3 is 33.3 Å². The van der Waals surface area contributed by atoms with Crippen LogP contribution in [0.1, 0.15) is 33.3 Å². The van der Waals surface area contributed by atoms with Gasteiger partial charge in [-0.25, -0.2) is 4.79 Å². The van der Waals surface area contributed by atoms with Crippen molar-refractivity contribution >= 4 is 18.0 Å². The van der Waals surface area contributed by atoms with Gasteiger partial charge >= 0.3 is 5.97 Å². The molecule has 0 radical (unpaired) electrons. The summed E-state index contributed by atoms with van der Waals surface area (Å²) in [6.07, 6.45) is 4.53. The Labute approximate surface area is 211 Å². The summed E-state index contributed by atoms with van der Waals surface area (Å²) in [6.45, 7) is 7.61. The molecule has 1 amide bonds. The number of methoxy groups -OCH3 is 2. The highest BCUT2D eigenvalue weighted by Gasteiger charge is 2.57. The highest BCUT2D eigenvalue weighted by Crippen LogP contribution is 2.40. The van der Waals surface area contributed by atoms with E-state index in [2.05, 4.69) is 0 Å². The first kappa shape index (κ1) is 26.5. The average molecular weight is 502 g/mol. The molecule has 0 spiro atoms. The molecule has 3 heterocycles. The predicted octanol–water partition coefficient (Wildman–Crippen LogP) is 2.70. The lowest BCUT2D eigenvalue weighted by molar-refractivity contribution is -0.180. The number of carbonyl (C=O) groups is 2. The first-order chi connectivity index (χ1) is 17.0. The first-order valence-corrected chi connectivity index (χ1v) is 12.1. The third-order valence-electron chi connectivity index (χ3n) is 6.52. The number of nitrogens with zero attached hydrogens (tertiary/aromatic N) is 1. The van der Waals surface area contributed by atoms with Gasteiger partial charge in [-0.15, -0.1) is 0 Å². The molecular weight excluding hydrogens is 466 g/mol. The zero-order valence-electron chi connectivity index (χ0n) is 21.6. The van der Waals surface area contributed by atoms with Crippen molar-refractivity contribution in [2.75, 3.05) is 20.8 Å². The minimum atomic E-state index is -0.938. The van der Waals surface area contributed by atoms with E-state index in [0.29, 0.717) is 6.61 Å². The Morgan fingerprint density at radius 3 is 2.42 bits per heavy atom. The predicted molar refractivity (Wildman–Crippen MR) is 131 cm³/mol. The fourth-order valence-electron chi connectivity index (χ4n) is 4.91.